The average Bonchev–Trinajstić information content (AvgIpc) is 2.76. The van der Waals surface area contributed by atoms with E-state index >= 15 is 0 Å². The van der Waals surface area contributed by atoms with Gasteiger partial charge in [0.2, 0.25) is 0 Å². The number of nitrogens with one attached hydrogen (secondary N) is 1. The van der Waals surface area contributed by atoms with Crippen LogP contribution in [0.5, 0.6) is 0 Å². The third kappa shape index (κ3) is 2.48. The fourth-order valence-corrected chi connectivity index (χ4v) is 4.79. The number of rotatable bonds is 6. The first-order valence-corrected chi connectivity index (χ1v) is 8.16. The first-order chi connectivity index (χ1) is 8.40. The van der Waals surface area contributed by atoms with Gasteiger partial charge in [-0.2, -0.15) is 0 Å². The molecule has 0 amide bonds. The monoisotopic (exact) mass is 251 g/mol. The van der Waals surface area contributed by atoms with E-state index in [1.807, 2.05) is 0 Å². The average molecular weight is 251 g/mol. The Morgan fingerprint density at radius 1 is 1.22 bits per heavy atom. The minimum Gasteiger partial charge on any atom is -0.310 e. The van der Waals surface area contributed by atoms with Crippen LogP contribution in [0.25, 0.3) is 0 Å². The van der Waals surface area contributed by atoms with Gasteiger partial charge in [0.05, 0.1) is 0 Å². The largest absolute Gasteiger partial charge is 0.310 e. The Labute approximate surface area is 114 Å². The Balaban J connectivity index is 1.92. The molecule has 0 saturated heterocycles. The molecule has 0 heterocycles. The normalized spacial score (nSPS) is 39.2. The molecule has 0 aromatic rings. The fraction of sp³-hybridized carbons (Fsp3) is 1.00. The minimum atomic E-state index is 0.506. The summed E-state index contributed by atoms with van der Waals surface area (Å²) in [5, 5.41) is 4.00. The first kappa shape index (κ1) is 14.4. The van der Waals surface area contributed by atoms with E-state index in [0.29, 0.717) is 16.9 Å². The summed E-state index contributed by atoms with van der Waals surface area (Å²) in [6.45, 7) is 12.2. The lowest BCUT2D eigenvalue weighted by molar-refractivity contribution is 0.0988. The first-order valence-electron chi connectivity index (χ1n) is 8.16. The van der Waals surface area contributed by atoms with Crippen molar-refractivity contribution in [2.24, 2.45) is 16.7 Å². The Morgan fingerprint density at radius 3 is 2.50 bits per heavy atom. The molecule has 106 valence electrons. The van der Waals surface area contributed by atoms with E-state index < -0.39 is 0 Å². The number of fused-ring (bicyclic) bond motifs is 2. The lowest BCUT2D eigenvalue weighted by Crippen LogP contribution is -2.53. The molecule has 2 fully saturated rings. The third-order valence-corrected chi connectivity index (χ3v) is 5.96. The second-order valence-corrected chi connectivity index (χ2v) is 7.91. The molecule has 1 heteroatoms. The van der Waals surface area contributed by atoms with Gasteiger partial charge in [-0.3, -0.25) is 0 Å². The van der Waals surface area contributed by atoms with E-state index in [-0.39, 0.29) is 0 Å². The summed E-state index contributed by atoms with van der Waals surface area (Å²) in [5.41, 5.74) is 1.08. The summed E-state index contributed by atoms with van der Waals surface area (Å²) in [5.74, 6) is 0.961. The van der Waals surface area contributed by atoms with Crippen molar-refractivity contribution in [3.8, 4) is 0 Å². The van der Waals surface area contributed by atoms with Crippen LogP contribution in [-0.2, 0) is 0 Å². The van der Waals surface area contributed by atoms with Crippen LogP contribution in [0.15, 0.2) is 0 Å². The standard InChI is InChI=1S/C17H33N/c1-6-7-8-9-13(2)18-15-16(3,4)14-10-11-17(15,5)12-14/h13-15,18H,6-12H2,1-5H3. The van der Waals surface area contributed by atoms with Gasteiger partial charge in [-0.05, 0) is 49.4 Å². The molecule has 0 aromatic carbocycles. The van der Waals surface area contributed by atoms with Crippen molar-refractivity contribution < 1.29 is 0 Å². The van der Waals surface area contributed by atoms with Crippen LogP contribution in [-0.4, -0.2) is 12.1 Å². The Hall–Kier alpha value is -0.0400. The molecule has 2 bridgehead atoms. The Bertz CT molecular complexity index is 279. The lowest BCUT2D eigenvalue weighted by atomic mass is 9.68. The van der Waals surface area contributed by atoms with Crippen LogP contribution >= 0.6 is 0 Å². The Morgan fingerprint density at radius 2 is 1.94 bits per heavy atom. The van der Waals surface area contributed by atoms with Crippen LogP contribution in [0, 0.1) is 16.7 Å². The summed E-state index contributed by atoms with van der Waals surface area (Å²) < 4.78 is 0. The van der Waals surface area contributed by atoms with E-state index in [1.165, 1.54) is 44.9 Å². The molecule has 1 N–H and O–H groups in total. The van der Waals surface area contributed by atoms with Gasteiger partial charge in [-0.1, -0.05) is 47.0 Å². The topological polar surface area (TPSA) is 12.0 Å². The summed E-state index contributed by atoms with van der Waals surface area (Å²) in [7, 11) is 0. The number of hydrogen-bond donors (Lipinski definition) is 1. The predicted octanol–water partition coefficient (Wildman–Crippen LogP) is 4.76. The molecular formula is C17H33N. The van der Waals surface area contributed by atoms with Gasteiger partial charge in [-0.15, -0.1) is 0 Å². The van der Waals surface area contributed by atoms with Crippen molar-refractivity contribution in [2.45, 2.75) is 91.6 Å². The third-order valence-electron chi connectivity index (χ3n) is 5.96. The van der Waals surface area contributed by atoms with Crippen LogP contribution < -0.4 is 5.32 Å². The summed E-state index contributed by atoms with van der Waals surface area (Å²) in [6.07, 6.45) is 9.83. The fourth-order valence-electron chi connectivity index (χ4n) is 4.79. The maximum Gasteiger partial charge on any atom is 0.0177 e. The van der Waals surface area contributed by atoms with Crippen molar-refractivity contribution in [2.75, 3.05) is 0 Å². The van der Waals surface area contributed by atoms with E-state index in [2.05, 4.69) is 39.9 Å². The maximum absolute atomic E-state index is 4.00. The molecule has 0 aliphatic heterocycles. The van der Waals surface area contributed by atoms with Gasteiger partial charge in [0.15, 0.2) is 0 Å². The zero-order chi connectivity index (χ0) is 13.4. The van der Waals surface area contributed by atoms with Crippen molar-refractivity contribution >= 4 is 0 Å². The van der Waals surface area contributed by atoms with Gasteiger partial charge < -0.3 is 5.32 Å². The molecule has 4 atom stereocenters. The molecule has 2 rings (SSSR count). The van der Waals surface area contributed by atoms with Gasteiger partial charge in [-0.25, -0.2) is 0 Å². The summed E-state index contributed by atoms with van der Waals surface area (Å²) in [6, 6.07) is 1.43. The van der Waals surface area contributed by atoms with Crippen molar-refractivity contribution in [3.63, 3.8) is 0 Å². The number of unbranched alkanes of at least 4 members (excludes halogenated alkanes) is 2. The Kier molecular flexibility index (Phi) is 4.11. The van der Waals surface area contributed by atoms with Crippen LogP contribution in [0.3, 0.4) is 0 Å². The zero-order valence-corrected chi connectivity index (χ0v) is 13.2. The highest BCUT2D eigenvalue weighted by molar-refractivity contribution is 5.12. The second-order valence-electron chi connectivity index (χ2n) is 7.91. The SMILES string of the molecule is CCCCCC(C)NC1C2(C)CCC(C2)C1(C)C. The molecule has 1 nitrogen and oxygen atoms in total. The molecule has 0 aromatic heterocycles. The van der Waals surface area contributed by atoms with E-state index in [4.69, 9.17) is 0 Å². The van der Waals surface area contributed by atoms with Gasteiger partial charge in [0.1, 0.15) is 0 Å². The van der Waals surface area contributed by atoms with Crippen LogP contribution in [0.2, 0.25) is 0 Å². The molecule has 18 heavy (non-hydrogen) atoms. The molecule has 2 aliphatic carbocycles. The minimum absolute atomic E-state index is 0.506. The summed E-state index contributed by atoms with van der Waals surface area (Å²) in [4.78, 5) is 0. The van der Waals surface area contributed by atoms with E-state index in [9.17, 15) is 0 Å². The van der Waals surface area contributed by atoms with Crippen molar-refractivity contribution in [1.82, 2.24) is 5.32 Å². The quantitative estimate of drug-likeness (QED) is 0.671. The highest BCUT2D eigenvalue weighted by Gasteiger charge is 2.59. The summed E-state index contributed by atoms with van der Waals surface area (Å²) >= 11 is 0. The highest BCUT2D eigenvalue weighted by atomic mass is 15.0. The van der Waals surface area contributed by atoms with Crippen molar-refractivity contribution in [3.05, 3.63) is 0 Å². The van der Waals surface area contributed by atoms with Gasteiger partial charge in [0, 0.05) is 12.1 Å². The molecule has 0 radical (unpaired) electrons. The second kappa shape index (κ2) is 5.15. The van der Waals surface area contributed by atoms with Gasteiger partial charge >= 0.3 is 0 Å². The zero-order valence-electron chi connectivity index (χ0n) is 13.2. The predicted molar refractivity (Wildman–Crippen MR) is 79.8 cm³/mol. The van der Waals surface area contributed by atoms with Crippen molar-refractivity contribution in [1.29, 1.82) is 0 Å². The van der Waals surface area contributed by atoms with Crippen LogP contribution in [0.1, 0.15) is 79.6 Å². The molecule has 2 saturated carbocycles. The molecule has 2 aliphatic rings. The number of hydrogen-bond acceptors (Lipinski definition) is 1. The van der Waals surface area contributed by atoms with Crippen LogP contribution in [0.4, 0.5) is 0 Å². The lowest BCUT2D eigenvalue weighted by Gasteiger charge is -2.44. The molecule has 0 spiro atoms. The molecular weight excluding hydrogens is 218 g/mol. The smallest absolute Gasteiger partial charge is 0.0177 e. The van der Waals surface area contributed by atoms with E-state index in [1.54, 1.807) is 0 Å². The van der Waals surface area contributed by atoms with E-state index in [0.717, 1.165) is 12.0 Å². The highest BCUT2D eigenvalue weighted by Crippen LogP contribution is 2.62. The van der Waals surface area contributed by atoms with Gasteiger partial charge in [0.25, 0.3) is 0 Å². The maximum atomic E-state index is 4.00. The molecule has 4 unspecified atom stereocenters.